The fourth-order valence-corrected chi connectivity index (χ4v) is 10.4. The number of unbranched alkanes of at least 4 members (excludes halogenated alkanes) is 24. The first-order valence-corrected chi connectivity index (χ1v) is 29.3. The van der Waals surface area contributed by atoms with Crippen LogP contribution in [0.2, 0.25) is 0 Å². The van der Waals surface area contributed by atoms with Gasteiger partial charge in [-0.05, 0) is 37.5 Å². The van der Waals surface area contributed by atoms with Gasteiger partial charge >= 0.3 is 22.3 Å². The highest BCUT2D eigenvalue weighted by atomic mass is 32.3. The molecule has 0 spiro atoms. The Bertz CT molecular complexity index is 1470. The Morgan fingerprint density at radius 3 is 1.42 bits per heavy atom. The summed E-state index contributed by atoms with van der Waals surface area (Å²) >= 11 is 0. The SMILES string of the molecule is CCCCCCCCCCCCCCCC(=O)OC1C(OC2OC(CO)C(O)C(O)C2OS(=O)(=O)O)OC(CO)C(O)C1OC(=O)C(C)CC(C)CC(C)C(O)CCCCCCCCCCCCCCC. The van der Waals surface area contributed by atoms with Crippen LogP contribution in [0.1, 0.15) is 227 Å². The van der Waals surface area contributed by atoms with Gasteiger partial charge in [-0.3, -0.25) is 14.1 Å². The first-order chi connectivity index (χ1) is 34.0. The van der Waals surface area contributed by atoms with E-state index in [0.717, 1.165) is 51.4 Å². The number of ether oxygens (including phenoxy) is 5. The molecule has 0 amide bonds. The Morgan fingerprint density at radius 2 is 0.972 bits per heavy atom. The van der Waals surface area contributed by atoms with Gasteiger partial charge in [0.1, 0.15) is 30.5 Å². The lowest BCUT2D eigenvalue weighted by Gasteiger charge is -2.46. The van der Waals surface area contributed by atoms with Crippen LogP contribution in [0, 0.1) is 17.8 Å². The van der Waals surface area contributed by atoms with Gasteiger partial charge < -0.3 is 54.3 Å². The van der Waals surface area contributed by atoms with Crippen LogP contribution in [0.15, 0.2) is 0 Å². The number of rotatable bonds is 42. The number of aliphatic hydroxyl groups excluding tert-OH is 6. The summed E-state index contributed by atoms with van der Waals surface area (Å²) in [5.41, 5.74) is 0. The van der Waals surface area contributed by atoms with Gasteiger partial charge in [-0.2, -0.15) is 8.42 Å². The third-order valence-corrected chi connectivity index (χ3v) is 14.8. The molecule has 0 aromatic carbocycles. The summed E-state index contributed by atoms with van der Waals surface area (Å²) in [6.07, 6.45) is 13.1. The highest BCUT2D eigenvalue weighted by molar-refractivity contribution is 7.80. The molecule has 17 nitrogen and oxygen atoms in total. The summed E-state index contributed by atoms with van der Waals surface area (Å²) in [5, 5.41) is 63.9. The minimum atomic E-state index is -5.32. The van der Waals surface area contributed by atoms with Crippen molar-refractivity contribution in [1.29, 1.82) is 0 Å². The van der Waals surface area contributed by atoms with Crippen molar-refractivity contribution in [2.75, 3.05) is 13.2 Å². The van der Waals surface area contributed by atoms with Crippen LogP contribution in [-0.2, 0) is 47.9 Å². The third kappa shape index (κ3) is 27.2. The maximum Gasteiger partial charge on any atom is 0.397 e. The molecule has 0 aromatic heterocycles. The van der Waals surface area contributed by atoms with Crippen LogP contribution < -0.4 is 0 Å². The Kier molecular flexibility index (Phi) is 35.1. The zero-order valence-electron chi connectivity index (χ0n) is 44.3. The predicted octanol–water partition coefficient (Wildman–Crippen LogP) is 8.54. The summed E-state index contributed by atoms with van der Waals surface area (Å²) in [5.74, 6) is -2.32. The molecule has 0 aromatic rings. The summed E-state index contributed by atoms with van der Waals surface area (Å²) in [7, 11) is -5.32. The minimum absolute atomic E-state index is 0.0203. The number of carbonyl (C=O) groups excluding carboxylic acids is 2. The van der Waals surface area contributed by atoms with E-state index in [1.807, 2.05) is 13.8 Å². The minimum Gasteiger partial charge on any atom is -0.455 e. The lowest BCUT2D eigenvalue weighted by atomic mass is 9.86. The fraction of sp³-hybridized carbons (Fsp3) is 0.962. The fourth-order valence-electron chi connectivity index (χ4n) is 9.94. The molecule has 0 aliphatic carbocycles. The molecule has 71 heavy (non-hydrogen) atoms. The summed E-state index contributed by atoms with van der Waals surface area (Å²) in [4.78, 5) is 27.4. The number of hydrogen-bond acceptors (Lipinski definition) is 16. The maximum absolute atomic E-state index is 13.9. The van der Waals surface area contributed by atoms with Gasteiger partial charge in [0.05, 0.1) is 25.2 Å². The molecule has 14 atom stereocenters. The van der Waals surface area contributed by atoms with Crippen LogP contribution in [0.3, 0.4) is 0 Å². The van der Waals surface area contributed by atoms with Crippen molar-refractivity contribution in [3.8, 4) is 0 Å². The second-order valence-corrected chi connectivity index (χ2v) is 22.0. The van der Waals surface area contributed by atoms with Crippen molar-refractivity contribution >= 4 is 22.3 Å². The van der Waals surface area contributed by atoms with Gasteiger partial charge in [-0.25, -0.2) is 4.18 Å². The smallest absolute Gasteiger partial charge is 0.397 e. The standard InChI is InChI=1S/C53H100O17S/c1-6-8-10-12-14-16-18-20-22-24-26-28-30-32-41(56)39(4)34-38(3)35-40(5)51(61)68-48-46(59)43(37-55)66-53(69-52-49(70-71(62,63)64)47(60)45(58)42(36-54)65-52)50(48)67-44(57)33-31-29-27-25-23-21-19-17-15-13-11-9-7-2/h38-43,45-50,52-56,58-60H,6-37H2,1-5H3,(H,62,63,64). The summed E-state index contributed by atoms with van der Waals surface area (Å²) in [6, 6.07) is 0. The van der Waals surface area contributed by atoms with Crippen LogP contribution in [-0.4, -0.2) is 136 Å². The zero-order valence-corrected chi connectivity index (χ0v) is 45.1. The van der Waals surface area contributed by atoms with Crippen molar-refractivity contribution < 1.29 is 81.1 Å². The molecule has 18 heteroatoms. The van der Waals surface area contributed by atoms with E-state index >= 15 is 0 Å². The predicted molar refractivity (Wildman–Crippen MR) is 270 cm³/mol. The van der Waals surface area contributed by atoms with E-state index in [1.54, 1.807) is 6.92 Å². The molecule has 14 unspecified atom stereocenters. The van der Waals surface area contributed by atoms with Crippen LogP contribution in [0.5, 0.6) is 0 Å². The molecular formula is C53H100O17S. The monoisotopic (exact) mass is 1040 g/mol. The first-order valence-electron chi connectivity index (χ1n) is 27.9. The van der Waals surface area contributed by atoms with E-state index in [4.69, 9.17) is 23.7 Å². The molecule has 0 saturated carbocycles. The largest absolute Gasteiger partial charge is 0.455 e. The molecule has 0 bridgehead atoms. The molecule has 2 fully saturated rings. The van der Waals surface area contributed by atoms with Crippen molar-refractivity contribution in [3.63, 3.8) is 0 Å². The van der Waals surface area contributed by atoms with Gasteiger partial charge in [-0.15, -0.1) is 0 Å². The molecule has 7 N–H and O–H groups in total. The number of hydrogen-bond donors (Lipinski definition) is 7. The van der Waals surface area contributed by atoms with E-state index in [0.29, 0.717) is 25.7 Å². The number of aliphatic hydroxyl groups is 6. The highest BCUT2D eigenvalue weighted by Gasteiger charge is 2.54. The van der Waals surface area contributed by atoms with E-state index in [2.05, 4.69) is 18.0 Å². The average Bonchev–Trinajstić information content (AvgIpc) is 3.32. The normalized spacial score (nSPS) is 26.7. The molecule has 2 rings (SSSR count). The summed E-state index contributed by atoms with van der Waals surface area (Å²) in [6.45, 7) is 8.35. The quantitative estimate of drug-likeness (QED) is 0.0171. The highest BCUT2D eigenvalue weighted by Crippen LogP contribution is 2.34. The van der Waals surface area contributed by atoms with Crippen LogP contribution >= 0.6 is 0 Å². The van der Waals surface area contributed by atoms with Crippen LogP contribution in [0.4, 0.5) is 0 Å². The lowest BCUT2D eigenvalue weighted by molar-refractivity contribution is -0.374. The Balaban J connectivity index is 2.07. The Hall–Kier alpha value is -1.55. The van der Waals surface area contributed by atoms with E-state index in [9.17, 15) is 53.2 Å². The Labute approximate surface area is 427 Å². The molecule has 2 saturated heterocycles. The molecule has 420 valence electrons. The molecule has 2 aliphatic rings. The number of carbonyl (C=O) groups is 2. The second-order valence-electron chi connectivity index (χ2n) is 20.9. The zero-order chi connectivity index (χ0) is 52.6. The second kappa shape index (κ2) is 38.1. The van der Waals surface area contributed by atoms with E-state index in [1.165, 1.54) is 109 Å². The van der Waals surface area contributed by atoms with Gasteiger partial charge in [0.25, 0.3) is 0 Å². The number of esters is 2. The maximum atomic E-state index is 13.9. The van der Waals surface area contributed by atoms with Crippen molar-refractivity contribution in [2.45, 2.75) is 295 Å². The van der Waals surface area contributed by atoms with Gasteiger partial charge in [0.2, 0.25) is 6.29 Å². The van der Waals surface area contributed by atoms with Crippen molar-refractivity contribution in [1.82, 2.24) is 0 Å². The molecule has 2 aliphatic heterocycles. The van der Waals surface area contributed by atoms with Gasteiger partial charge in [0.15, 0.2) is 24.6 Å². The van der Waals surface area contributed by atoms with Crippen molar-refractivity contribution in [2.24, 2.45) is 17.8 Å². The first kappa shape index (κ1) is 65.6. The average molecular weight is 1040 g/mol. The molecule has 0 radical (unpaired) electrons. The third-order valence-electron chi connectivity index (χ3n) is 14.3. The summed E-state index contributed by atoms with van der Waals surface area (Å²) < 4.78 is 66.8. The van der Waals surface area contributed by atoms with Crippen LogP contribution in [0.25, 0.3) is 0 Å². The van der Waals surface area contributed by atoms with Gasteiger partial charge in [0, 0.05) is 6.42 Å². The topological polar surface area (TPSA) is 265 Å². The molecule has 2 heterocycles. The van der Waals surface area contributed by atoms with Gasteiger partial charge in [-0.1, -0.05) is 195 Å². The van der Waals surface area contributed by atoms with E-state index in [-0.39, 0.29) is 18.3 Å². The van der Waals surface area contributed by atoms with Crippen molar-refractivity contribution in [3.05, 3.63) is 0 Å². The van der Waals surface area contributed by atoms with E-state index < -0.39 is 109 Å². The molecular weight excluding hydrogens is 941 g/mol. The lowest BCUT2D eigenvalue weighted by Crippen LogP contribution is -2.65. The Morgan fingerprint density at radius 1 is 0.549 bits per heavy atom.